The Morgan fingerprint density at radius 1 is 1.21 bits per heavy atom. The Balaban J connectivity index is 1.45. The predicted molar refractivity (Wildman–Crippen MR) is 123 cm³/mol. The first kappa shape index (κ1) is 21.5. The van der Waals surface area contributed by atoms with Crippen molar-refractivity contribution in [3.63, 3.8) is 0 Å². The Morgan fingerprint density at radius 3 is 2.58 bits per heavy atom. The molecule has 1 fully saturated rings. The molecule has 0 radical (unpaired) electrons. The Labute approximate surface area is 194 Å². The van der Waals surface area contributed by atoms with E-state index in [1.165, 1.54) is 22.1 Å². The highest BCUT2D eigenvalue weighted by Crippen LogP contribution is 2.40. The van der Waals surface area contributed by atoms with Crippen molar-refractivity contribution in [3.8, 4) is 11.6 Å². The topological polar surface area (TPSA) is 96.3 Å². The molecule has 0 unspecified atom stereocenters. The first-order valence-electron chi connectivity index (χ1n) is 10.9. The first-order valence-corrected chi connectivity index (χ1v) is 11.7. The average molecular weight is 468 g/mol. The van der Waals surface area contributed by atoms with Gasteiger partial charge in [-0.25, -0.2) is 4.98 Å². The Hall–Kier alpha value is -3.37. The predicted octanol–water partition coefficient (Wildman–Crippen LogP) is 3.21. The summed E-state index contributed by atoms with van der Waals surface area (Å²) in [6.07, 6.45) is 2.22. The van der Waals surface area contributed by atoms with Crippen LogP contribution >= 0.6 is 11.3 Å². The number of fused-ring (bicyclic) bond motifs is 1. The van der Waals surface area contributed by atoms with Crippen molar-refractivity contribution < 1.29 is 19.1 Å². The Morgan fingerprint density at radius 2 is 1.97 bits per heavy atom. The summed E-state index contributed by atoms with van der Waals surface area (Å²) >= 11 is 1.44. The van der Waals surface area contributed by atoms with Crippen molar-refractivity contribution in [3.05, 3.63) is 64.7 Å². The minimum Gasteiger partial charge on any atom is -0.497 e. The molecular weight excluding hydrogens is 442 g/mol. The number of carbonyl (C=O) groups is 1. The molecule has 1 saturated heterocycles. The van der Waals surface area contributed by atoms with Gasteiger partial charge in [-0.1, -0.05) is 30.4 Å². The lowest BCUT2D eigenvalue weighted by molar-refractivity contribution is 0.0568. The summed E-state index contributed by atoms with van der Waals surface area (Å²) in [6.45, 7) is 4.41. The van der Waals surface area contributed by atoms with E-state index in [1.54, 1.807) is 24.1 Å². The number of benzene rings is 1. The normalized spacial score (nSPS) is 15.8. The van der Waals surface area contributed by atoms with Gasteiger partial charge in [-0.3, -0.25) is 9.69 Å². The molecule has 1 aromatic carbocycles. The maximum atomic E-state index is 12.7. The number of aromatic hydroxyl groups is 1. The third-order valence-electron chi connectivity index (χ3n) is 5.94. The van der Waals surface area contributed by atoms with Crippen LogP contribution in [-0.4, -0.2) is 68.7 Å². The van der Waals surface area contributed by atoms with Crippen molar-refractivity contribution in [1.29, 1.82) is 0 Å². The highest BCUT2D eigenvalue weighted by Gasteiger charge is 2.33. The van der Waals surface area contributed by atoms with E-state index >= 15 is 0 Å². The number of piperazine rings is 1. The number of aromatic nitrogens is 3. The lowest BCUT2D eigenvalue weighted by Crippen LogP contribution is -2.49. The molecule has 0 bridgehead atoms. The summed E-state index contributed by atoms with van der Waals surface area (Å²) in [4.78, 5) is 22.8. The molecule has 4 aromatic rings. The molecular formula is C23H25N5O4S. The van der Waals surface area contributed by atoms with Crippen molar-refractivity contribution in [2.75, 3.05) is 33.3 Å². The second-order valence-corrected chi connectivity index (χ2v) is 8.86. The summed E-state index contributed by atoms with van der Waals surface area (Å²) in [6, 6.07) is 11.1. The largest absolute Gasteiger partial charge is 0.497 e. The van der Waals surface area contributed by atoms with Crippen LogP contribution in [0.5, 0.6) is 11.6 Å². The molecule has 1 amide bonds. The minimum absolute atomic E-state index is 0.102. The summed E-state index contributed by atoms with van der Waals surface area (Å²) in [5, 5.41) is 15.5. The van der Waals surface area contributed by atoms with E-state index in [0.717, 1.165) is 16.2 Å². The molecule has 0 spiro atoms. The molecule has 33 heavy (non-hydrogen) atoms. The molecule has 10 heteroatoms. The number of nitrogens with zero attached hydrogens (tertiary/aromatic N) is 5. The summed E-state index contributed by atoms with van der Waals surface area (Å²) in [5.41, 5.74) is 1.03. The summed E-state index contributed by atoms with van der Waals surface area (Å²) in [5.74, 6) is 1.83. The van der Waals surface area contributed by atoms with Crippen molar-refractivity contribution >= 4 is 22.2 Å². The van der Waals surface area contributed by atoms with E-state index in [-0.39, 0.29) is 17.8 Å². The quantitative estimate of drug-likeness (QED) is 0.465. The van der Waals surface area contributed by atoms with Crippen LogP contribution in [0.2, 0.25) is 0 Å². The number of aryl methyl sites for hydroxylation is 1. The van der Waals surface area contributed by atoms with Crippen LogP contribution in [0, 0.1) is 0 Å². The molecule has 3 aromatic heterocycles. The van der Waals surface area contributed by atoms with Crippen molar-refractivity contribution in [2.24, 2.45) is 0 Å². The van der Waals surface area contributed by atoms with Gasteiger partial charge in [0.2, 0.25) is 10.8 Å². The van der Waals surface area contributed by atoms with Gasteiger partial charge in [-0.15, -0.1) is 5.10 Å². The second kappa shape index (κ2) is 8.87. The molecule has 9 nitrogen and oxygen atoms in total. The van der Waals surface area contributed by atoms with Gasteiger partial charge in [-0.05, 0) is 29.8 Å². The molecule has 4 heterocycles. The molecule has 172 valence electrons. The van der Waals surface area contributed by atoms with E-state index < -0.39 is 0 Å². The van der Waals surface area contributed by atoms with E-state index in [1.807, 2.05) is 31.2 Å². The number of amides is 1. The number of hydrogen-bond acceptors (Lipinski definition) is 8. The zero-order valence-corrected chi connectivity index (χ0v) is 19.3. The molecule has 0 aliphatic carbocycles. The molecule has 1 aliphatic rings. The highest BCUT2D eigenvalue weighted by atomic mass is 32.1. The number of ether oxygens (including phenoxy) is 1. The summed E-state index contributed by atoms with van der Waals surface area (Å²) < 4.78 is 12.1. The van der Waals surface area contributed by atoms with Gasteiger partial charge in [0.15, 0.2) is 11.6 Å². The average Bonchev–Trinajstić information content (AvgIpc) is 3.59. The van der Waals surface area contributed by atoms with Crippen LogP contribution in [0.3, 0.4) is 0 Å². The maximum Gasteiger partial charge on any atom is 0.289 e. The van der Waals surface area contributed by atoms with Crippen LogP contribution < -0.4 is 4.74 Å². The van der Waals surface area contributed by atoms with Crippen LogP contribution in [0.15, 0.2) is 47.1 Å². The third kappa shape index (κ3) is 3.96. The fourth-order valence-electron chi connectivity index (χ4n) is 4.17. The molecule has 1 N–H and O–H groups in total. The van der Waals surface area contributed by atoms with Crippen LogP contribution in [0.25, 0.3) is 4.96 Å². The van der Waals surface area contributed by atoms with Gasteiger partial charge in [0.05, 0.1) is 24.3 Å². The molecule has 5 rings (SSSR count). The van der Waals surface area contributed by atoms with E-state index in [4.69, 9.17) is 9.15 Å². The maximum absolute atomic E-state index is 12.7. The standard InChI is InChI=1S/C23H25N5O4S/c1-3-18-24-23-28(25-18)22(30)20(33-23)19(15-6-8-16(31-2)9-7-15)26-10-12-27(13-11-26)21(29)17-5-4-14-32-17/h4-9,14,19,30H,3,10-13H2,1-2H3/t19-/m0/s1. The highest BCUT2D eigenvalue weighted by molar-refractivity contribution is 7.17. The number of hydrogen-bond donors (Lipinski definition) is 1. The van der Waals surface area contributed by atoms with Gasteiger partial charge in [0.1, 0.15) is 5.75 Å². The summed E-state index contributed by atoms with van der Waals surface area (Å²) in [7, 11) is 1.64. The monoisotopic (exact) mass is 467 g/mol. The number of rotatable bonds is 6. The van der Waals surface area contributed by atoms with Crippen LogP contribution in [0.4, 0.5) is 0 Å². The lowest BCUT2D eigenvalue weighted by atomic mass is 10.0. The van der Waals surface area contributed by atoms with Gasteiger partial charge < -0.3 is 19.2 Å². The van der Waals surface area contributed by atoms with E-state index in [0.29, 0.717) is 49.1 Å². The van der Waals surface area contributed by atoms with Gasteiger partial charge >= 0.3 is 0 Å². The van der Waals surface area contributed by atoms with Gasteiger partial charge in [0.25, 0.3) is 5.91 Å². The smallest absolute Gasteiger partial charge is 0.289 e. The van der Waals surface area contributed by atoms with E-state index in [2.05, 4.69) is 15.0 Å². The van der Waals surface area contributed by atoms with Crippen LogP contribution in [-0.2, 0) is 6.42 Å². The SMILES string of the molecule is CCc1nc2sc([C@H](c3ccc(OC)cc3)N3CCN(C(=O)c4ccco4)CC3)c(O)n2n1. The Kier molecular flexibility index (Phi) is 5.77. The van der Waals surface area contributed by atoms with Gasteiger partial charge in [0, 0.05) is 32.6 Å². The number of methoxy groups -OCH3 is 1. The number of furan rings is 1. The van der Waals surface area contributed by atoms with Crippen molar-refractivity contribution in [2.45, 2.75) is 19.4 Å². The van der Waals surface area contributed by atoms with Crippen LogP contribution in [0.1, 0.15) is 39.8 Å². The fourth-order valence-corrected chi connectivity index (χ4v) is 5.31. The van der Waals surface area contributed by atoms with E-state index in [9.17, 15) is 9.90 Å². The zero-order chi connectivity index (χ0) is 22.9. The third-order valence-corrected chi connectivity index (χ3v) is 7.01. The number of thiazole rings is 1. The fraction of sp³-hybridized carbons (Fsp3) is 0.348. The Bertz CT molecular complexity index is 1240. The minimum atomic E-state index is -0.199. The molecule has 1 atom stereocenters. The zero-order valence-electron chi connectivity index (χ0n) is 18.5. The van der Waals surface area contributed by atoms with Gasteiger partial charge in [-0.2, -0.15) is 4.52 Å². The number of carbonyl (C=O) groups excluding carboxylic acids is 1. The lowest BCUT2D eigenvalue weighted by Gasteiger charge is -2.38. The molecule has 0 saturated carbocycles. The molecule has 1 aliphatic heterocycles. The van der Waals surface area contributed by atoms with Crippen molar-refractivity contribution in [1.82, 2.24) is 24.4 Å². The second-order valence-electron chi connectivity index (χ2n) is 7.85. The first-order chi connectivity index (χ1) is 16.1.